The molecule has 3 atom stereocenters. The Morgan fingerprint density at radius 2 is 1.72 bits per heavy atom. The van der Waals surface area contributed by atoms with Crippen molar-refractivity contribution in [2.24, 2.45) is 15.0 Å². The van der Waals surface area contributed by atoms with E-state index in [4.69, 9.17) is 14.7 Å². The highest BCUT2D eigenvalue weighted by Gasteiger charge is 2.32. The first-order valence-electron chi connectivity index (χ1n) is 12.9. The minimum Gasteiger partial charge on any atom is -0.374 e. The van der Waals surface area contributed by atoms with Crippen LogP contribution in [0.15, 0.2) is 92.6 Å². The maximum Gasteiger partial charge on any atom is 0.266 e. The first-order chi connectivity index (χ1) is 19.1. The SMILES string of the molecule is Cc1ccccc1-n1c(C(COCc2ccccc2)N=C2NC=NC3N=CNC23)nc2cccc(C)c2c1=O. The van der Waals surface area contributed by atoms with Gasteiger partial charge in [0.25, 0.3) is 5.56 Å². The quantitative estimate of drug-likeness (QED) is 0.388. The molecule has 0 radical (unpaired) electrons. The van der Waals surface area contributed by atoms with Crippen molar-refractivity contribution in [1.82, 2.24) is 20.2 Å². The van der Waals surface area contributed by atoms with Gasteiger partial charge in [0.2, 0.25) is 0 Å². The number of aryl methyl sites for hydroxylation is 2. The molecule has 6 rings (SSSR count). The van der Waals surface area contributed by atoms with Gasteiger partial charge < -0.3 is 15.4 Å². The Bertz CT molecular complexity index is 1660. The van der Waals surface area contributed by atoms with Crippen LogP contribution in [0.5, 0.6) is 0 Å². The maximum atomic E-state index is 14.2. The number of para-hydroxylation sites is 1. The van der Waals surface area contributed by atoms with Gasteiger partial charge in [-0.3, -0.25) is 14.4 Å². The molecular weight excluding hydrogens is 490 g/mol. The van der Waals surface area contributed by atoms with Gasteiger partial charge in [-0.2, -0.15) is 0 Å². The van der Waals surface area contributed by atoms with Crippen LogP contribution in [0.2, 0.25) is 0 Å². The Morgan fingerprint density at radius 3 is 2.56 bits per heavy atom. The lowest BCUT2D eigenvalue weighted by Gasteiger charge is -2.25. The summed E-state index contributed by atoms with van der Waals surface area (Å²) in [5.74, 6) is 1.17. The van der Waals surface area contributed by atoms with Crippen molar-refractivity contribution in [3.8, 4) is 5.69 Å². The number of benzene rings is 3. The lowest BCUT2D eigenvalue weighted by Crippen LogP contribution is -2.49. The van der Waals surface area contributed by atoms with Crippen molar-refractivity contribution < 1.29 is 4.74 Å². The standard InChI is InChI=1S/C30H29N7O2/c1-19-9-6-7-14-24(19)37-29(36-22-13-8-10-20(2)25(22)30(37)38)23(16-39-15-21-11-4-3-5-12-21)35-28-26-27(32-17-31-26)33-18-34-28/h3-14,17-18,23,26-27H,15-16H2,1-2H3,(H,31,32)(H,33,34,35). The number of nitrogens with one attached hydrogen (secondary N) is 2. The van der Waals surface area contributed by atoms with E-state index in [1.165, 1.54) is 0 Å². The molecule has 0 fully saturated rings. The number of aromatic nitrogens is 2. The van der Waals surface area contributed by atoms with Gasteiger partial charge in [-0.05, 0) is 42.7 Å². The van der Waals surface area contributed by atoms with E-state index < -0.39 is 6.04 Å². The van der Waals surface area contributed by atoms with Crippen LogP contribution in [0, 0.1) is 13.8 Å². The second-order valence-corrected chi connectivity index (χ2v) is 9.66. The number of amidine groups is 1. The van der Waals surface area contributed by atoms with Crippen LogP contribution < -0.4 is 16.2 Å². The summed E-state index contributed by atoms with van der Waals surface area (Å²) in [4.78, 5) is 33.1. The van der Waals surface area contributed by atoms with Crippen LogP contribution in [0.3, 0.4) is 0 Å². The fraction of sp³-hybridized carbons (Fsp3) is 0.233. The van der Waals surface area contributed by atoms with E-state index in [9.17, 15) is 4.79 Å². The topological polar surface area (TPSA) is 105 Å². The lowest BCUT2D eigenvalue weighted by atomic mass is 10.1. The Labute approximate surface area is 226 Å². The molecule has 1 aromatic heterocycles. The Hall–Kier alpha value is -4.63. The summed E-state index contributed by atoms with van der Waals surface area (Å²) in [7, 11) is 0. The van der Waals surface area contributed by atoms with Crippen LogP contribution in [0.1, 0.15) is 28.6 Å². The summed E-state index contributed by atoms with van der Waals surface area (Å²) in [5.41, 5.74) is 4.15. The fourth-order valence-corrected chi connectivity index (χ4v) is 4.99. The third-order valence-corrected chi connectivity index (χ3v) is 6.98. The average molecular weight is 520 g/mol. The molecule has 4 aromatic rings. The molecule has 3 unspecified atom stereocenters. The van der Waals surface area contributed by atoms with E-state index in [2.05, 4.69) is 20.6 Å². The smallest absolute Gasteiger partial charge is 0.266 e. The van der Waals surface area contributed by atoms with Crippen molar-refractivity contribution in [3.05, 3.63) is 106 Å². The number of hydrogen-bond acceptors (Lipinski definition) is 7. The van der Waals surface area contributed by atoms with Gasteiger partial charge in [-0.1, -0.05) is 60.7 Å². The van der Waals surface area contributed by atoms with Crippen LogP contribution in [-0.4, -0.2) is 46.9 Å². The van der Waals surface area contributed by atoms with Crippen molar-refractivity contribution >= 4 is 29.4 Å². The maximum absolute atomic E-state index is 14.2. The molecule has 0 amide bonds. The monoisotopic (exact) mass is 519 g/mol. The molecule has 0 saturated carbocycles. The third-order valence-electron chi connectivity index (χ3n) is 6.98. The predicted octanol–water partition coefficient (Wildman–Crippen LogP) is 3.62. The van der Waals surface area contributed by atoms with Crippen molar-refractivity contribution in [1.29, 1.82) is 0 Å². The number of aliphatic imine (C=N–C) groups is 3. The number of ether oxygens (including phenoxy) is 1. The van der Waals surface area contributed by atoms with E-state index in [0.29, 0.717) is 29.2 Å². The molecule has 3 aromatic carbocycles. The largest absolute Gasteiger partial charge is 0.374 e. The fourth-order valence-electron chi connectivity index (χ4n) is 4.99. The summed E-state index contributed by atoms with van der Waals surface area (Å²) in [6.07, 6.45) is 2.97. The molecule has 0 saturated heterocycles. The van der Waals surface area contributed by atoms with Gasteiger partial charge in [-0.25, -0.2) is 15.0 Å². The van der Waals surface area contributed by atoms with Crippen molar-refractivity contribution in [2.45, 2.75) is 38.7 Å². The Morgan fingerprint density at radius 1 is 0.949 bits per heavy atom. The first-order valence-corrected chi connectivity index (χ1v) is 12.9. The van der Waals surface area contributed by atoms with E-state index >= 15 is 0 Å². The van der Waals surface area contributed by atoms with Crippen LogP contribution in [-0.2, 0) is 11.3 Å². The highest BCUT2D eigenvalue weighted by Crippen LogP contribution is 2.25. The molecule has 0 aliphatic carbocycles. The second-order valence-electron chi connectivity index (χ2n) is 9.66. The number of hydrogen-bond donors (Lipinski definition) is 2. The third kappa shape index (κ3) is 4.84. The van der Waals surface area contributed by atoms with Gasteiger partial charge >= 0.3 is 0 Å². The van der Waals surface area contributed by atoms with Crippen molar-refractivity contribution in [2.75, 3.05) is 6.61 Å². The molecule has 2 N–H and O–H groups in total. The Balaban J connectivity index is 1.51. The number of nitrogens with zero attached hydrogens (tertiary/aromatic N) is 5. The summed E-state index contributed by atoms with van der Waals surface area (Å²) in [6, 6.07) is 22.7. The zero-order valence-corrected chi connectivity index (χ0v) is 21.8. The molecule has 2 aliphatic rings. The van der Waals surface area contributed by atoms with Crippen molar-refractivity contribution in [3.63, 3.8) is 0 Å². The van der Waals surface area contributed by atoms with Gasteiger partial charge in [0.15, 0.2) is 6.17 Å². The van der Waals surface area contributed by atoms with Gasteiger partial charge in [-0.15, -0.1) is 0 Å². The molecule has 39 heavy (non-hydrogen) atoms. The second kappa shape index (κ2) is 10.6. The van der Waals surface area contributed by atoms with E-state index in [1.54, 1.807) is 17.2 Å². The van der Waals surface area contributed by atoms with E-state index in [0.717, 1.165) is 22.4 Å². The number of rotatable bonds is 7. The number of fused-ring (bicyclic) bond motifs is 2. The molecule has 0 bridgehead atoms. The Kier molecular flexibility index (Phi) is 6.73. The highest BCUT2D eigenvalue weighted by atomic mass is 16.5. The molecule has 196 valence electrons. The average Bonchev–Trinajstić information content (AvgIpc) is 3.44. The molecule has 2 aliphatic heterocycles. The first kappa shape index (κ1) is 24.7. The zero-order valence-electron chi connectivity index (χ0n) is 21.8. The van der Waals surface area contributed by atoms with Gasteiger partial charge in [0.05, 0.1) is 42.5 Å². The van der Waals surface area contributed by atoms with Crippen LogP contribution in [0.25, 0.3) is 16.6 Å². The van der Waals surface area contributed by atoms with Gasteiger partial charge in [0.1, 0.15) is 23.7 Å². The zero-order chi connectivity index (χ0) is 26.8. The molecule has 9 heteroatoms. The summed E-state index contributed by atoms with van der Waals surface area (Å²) >= 11 is 0. The highest BCUT2D eigenvalue weighted by molar-refractivity contribution is 6.00. The van der Waals surface area contributed by atoms with Crippen LogP contribution >= 0.6 is 0 Å². The van der Waals surface area contributed by atoms with Crippen LogP contribution in [0.4, 0.5) is 0 Å². The summed E-state index contributed by atoms with van der Waals surface area (Å²) < 4.78 is 7.90. The molecular formula is C30H29N7O2. The predicted molar refractivity (Wildman–Crippen MR) is 154 cm³/mol. The van der Waals surface area contributed by atoms with E-state index in [-0.39, 0.29) is 24.4 Å². The summed E-state index contributed by atoms with van der Waals surface area (Å²) in [6.45, 7) is 4.55. The molecule has 0 spiro atoms. The molecule has 9 nitrogen and oxygen atoms in total. The lowest BCUT2D eigenvalue weighted by molar-refractivity contribution is 0.106. The summed E-state index contributed by atoms with van der Waals surface area (Å²) in [5, 5.41) is 6.99. The normalized spacial score (nSPS) is 19.6. The van der Waals surface area contributed by atoms with E-state index in [1.807, 2.05) is 86.6 Å². The van der Waals surface area contributed by atoms with Gasteiger partial charge in [0, 0.05) is 0 Å². The molecule has 3 heterocycles. The minimum absolute atomic E-state index is 0.131. The minimum atomic E-state index is -0.594.